The Hall–Kier alpha value is -3.35. The number of carbonyl (C=O) groups is 3. The van der Waals surface area contributed by atoms with Crippen molar-refractivity contribution in [1.82, 2.24) is 5.32 Å². The zero-order chi connectivity index (χ0) is 21.3. The Morgan fingerprint density at radius 3 is 2.45 bits per heavy atom. The molecular weight excluding hydrogens is 500 g/mol. The van der Waals surface area contributed by atoms with Gasteiger partial charge in [-0.3, -0.25) is 25.0 Å². The number of benzene rings is 2. The standard InChI is InChI=1S/C18H11FIN3O6/c1-29-15-13(20)7-9(8-14(15)23(27)28)6-12-16(24)21-18(26)22(17(12)25)11-4-2-10(19)3-5-11/h2-8H,1H3,(H,21,24,26)/b12-6+. The van der Waals surface area contributed by atoms with Crippen LogP contribution in [0.25, 0.3) is 6.08 Å². The van der Waals surface area contributed by atoms with Crippen LogP contribution in [0.3, 0.4) is 0 Å². The summed E-state index contributed by atoms with van der Waals surface area (Å²) < 4.78 is 18.6. The fourth-order valence-electron chi connectivity index (χ4n) is 2.67. The molecule has 0 radical (unpaired) electrons. The van der Waals surface area contributed by atoms with E-state index in [1.807, 2.05) is 27.9 Å². The summed E-state index contributed by atoms with van der Waals surface area (Å²) in [6, 6.07) is 6.18. The average Bonchev–Trinajstić information content (AvgIpc) is 2.66. The van der Waals surface area contributed by atoms with Crippen molar-refractivity contribution in [3.63, 3.8) is 0 Å². The molecule has 2 aromatic carbocycles. The van der Waals surface area contributed by atoms with Gasteiger partial charge in [0.05, 0.1) is 21.3 Å². The van der Waals surface area contributed by atoms with Gasteiger partial charge >= 0.3 is 11.7 Å². The summed E-state index contributed by atoms with van der Waals surface area (Å²) in [7, 11) is 1.28. The lowest BCUT2D eigenvalue weighted by molar-refractivity contribution is -0.385. The van der Waals surface area contributed by atoms with Crippen LogP contribution in [0.5, 0.6) is 5.75 Å². The van der Waals surface area contributed by atoms with Crippen LogP contribution in [0.15, 0.2) is 42.0 Å². The highest BCUT2D eigenvalue weighted by Crippen LogP contribution is 2.34. The minimum absolute atomic E-state index is 0.0419. The highest BCUT2D eigenvalue weighted by Gasteiger charge is 2.37. The lowest BCUT2D eigenvalue weighted by Crippen LogP contribution is -2.54. The number of carbonyl (C=O) groups excluding carboxylic acids is 3. The van der Waals surface area contributed by atoms with E-state index in [9.17, 15) is 28.9 Å². The number of amides is 4. The first-order chi connectivity index (χ1) is 13.7. The fourth-order valence-corrected chi connectivity index (χ4v) is 3.53. The number of hydrogen-bond acceptors (Lipinski definition) is 6. The molecule has 2 aromatic rings. The first-order valence-electron chi connectivity index (χ1n) is 7.92. The molecule has 29 heavy (non-hydrogen) atoms. The molecule has 1 heterocycles. The number of nitrogens with one attached hydrogen (secondary N) is 1. The third kappa shape index (κ3) is 3.94. The molecule has 1 saturated heterocycles. The molecule has 148 valence electrons. The summed E-state index contributed by atoms with van der Waals surface area (Å²) in [5.74, 6) is -2.42. The Balaban J connectivity index is 2.07. The van der Waals surface area contributed by atoms with Gasteiger partial charge in [-0.2, -0.15) is 0 Å². The van der Waals surface area contributed by atoms with Crippen LogP contribution in [-0.2, 0) is 9.59 Å². The summed E-state index contributed by atoms with van der Waals surface area (Å²) in [5, 5.41) is 13.3. The van der Waals surface area contributed by atoms with Gasteiger partial charge in [0, 0.05) is 6.07 Å². The van der Waals surface area contributed by atoms with Gasteiger partial charge < -0.3 is 4.74 Å². The number of nitro groups is 1. The summed E-state index contributed by atoms with van der Waals surface area (Å²) in [5.41, 5.74) is -0.512. The molecule has 0 bridgehead atoms. The minimum atomic E-state index is -0.987. The summed E-state index contributed by atoms with van der Waals surface area (Å²) >= 11 is 1.83. The molecule has 4 amide bonds. The zero-order valence-electron chi connectivity index (χ0n) is 14.6. The number of nitrogens with zero attached hydrogens (tertiary/aromatic N) is 2. The molecule has 0 atom stereocenters. The molecular formula is C18H11FIN3O6. The van der Waals surface area contributed by atoms with Gasteiger partial charge in [0.1, 0.15) is 11.4 Å². The Morgan fingerprint density at radius 1 is 1.21 bits per heavy atom. The van der Waals surface area contributed by atoms with E-state index in [-0.39, 0.29) is 22.7 Å². The zero-order valence-corrected chi connectivity index (χ0v) is 16.8. The summed E-state index contributed by atoms with van der Waals surface area (Å²) in [4.78, 5) is 48.4. The molecule has 9 nitrogen and oxygen atoms in total. The maximum atomic E-state index is 13.1. The number of methoxy groups -OCH3 is 1. The van der Waals surface area contributed by atoms with Crippen LogP contribution in [0.4, 0.5) is 20.6 Å². The lowest BCUT2D eigenvalue weighted by Gasteiger charge is -2.26. The third-order valence-electron chi connectivity index (χ3n) is 3.94. The number of halogens is 2. The molecule has 3 rings (SSSR count). The smallest absolute Gasteiger partial charge is 0.335 e. The first-order valence-corrected chi connectivity index (χ1v) is 8.99. The molecule has 0 aromatic heterocycles. The minimum Gasteiger partial charge on any atom is -0.489 e. The number of anilines is 1. The number of barbiturate groups is 1. The topological polar surface area (TPSA) is 119 Å². The monoisotopic (exact) mass is 511 g/mol. The van der Waals surface area contributed by atoms with Gasteiger partial charge in [0.25, 0.3) is 11.8 Å². The second kappa shape index (κ2) is 7.95. The Kier molecular flexibility index (Phi) is 5.59. The largest absolute Gasteiger partial charge is 0.489 e. The quantitative estimate of drug-likeness (QED) is 0.222. The van der Waals surface area contributed by atoms with Gasteiger partial charge in [-0.05, 0) is 64.6 Å². The van der Waals surface area contributed by atoms with E-state index in [0.29, 0.717) is 8.47 Å². The van der Waals surface area contributed by atoms with Crippen molar-refractivity contribution in [3.8, 4) is 5.75 Å². The second-order valence-corrected chi connectivity index (χ2v) is 6.91. The van der Waals surface area contributed by atoms with Crippen LogP contribution < -0.4 is 15.0 Å². The van der Waals surface area contributed by atoms with Crippen molar-refractivity contribution >= 4 is 57.9 Å². The number of rotatable bonds is 4. The van der Waals surface area contributed by atoms with E-state index in [1.165, 1.54) is 25.3 Å². The first kappa shape index (κ1) is 20.4. The molecule has 1 aliphatic heterocycles. The molecule has 11 heteroatoms. The van der Waals surface area contributed by atoms with Crippen molar-refractivity contribution < 1.29 is 28.4 Å². The number of urea groups is 1. The van der Waals surface area contributed by atoms with Gasteiger partial charge in [-0.15, -0.1) is 0 Å². The molecule has 1 fully saturated rings. The van der Waals surface area contributed by atoms with Crippen molar-refractivity contribution in [2.75, 3.05) is 12.0 Å². The van der Waals surface area contributed by atoms with Gasteiger partial charge in [-0.1, -0.05) is 0 Å². The summed E-state index contributed by atoms with van der Waals surface area (Å²) in [6.45, 7) is 0. The van der Waals surface area contributed by atoms with E-state index in [4.69, 9.17) is 4.74 Å². The van der Waals surface area contributed by atoms with Crippen molar-refractivity contribution in [1.29, 1.82) is 0 Å². The van der Waals surface area contributed by atoms with Crippen LogP contribution >= 0.6 is 22.6 Å². The number of imide groups is 2. The normalized spacial score (nSPS) is 15.5. The van der Waals surface area contributed by atoms with Crippen LogP contribution in [0, 0.1) is 19.5 Å². The average molecular weight is 511 g/mol. The lowest BCUT2D eigenvalue weighted by atomic mass is 10.1. The van der Waals surface area contributed by atoms with Crippen LogP contribution in [-0.4, -0.2) is 29.9 Å². The predicted molar refractivity (Wildman–Crippen MR) is 108 cm³/mol. The number of nitro benzene ring substituents is 1. The highest BCUT2D eigenvalue weighted by atomic mass is 127. The maximum absolute atomic E-state index is 13.1. The van der Waals surface area contributed by atoms with Gasteiger partial charge in [0.15, 0.2) is 0 Å². The Morgan fingerprint density at radius 2 is 1.86 bits per heavy atom. The van der Waals surface area contributed by atoms with Crippen LogP contribution in [0.1, 0.15) is 5.56 Å². The third-order valence-corrected chi connectivity index (χ3v) is 4.75. The fraction of sp³-hybridized carbons (Fsp3) is 0.0556. The van der Waals surface area contributed by atoms with E-state index in [1.54, 1.807) is 0 Å². The van der Waals surface area contributed by atoms with Crippen LogP contribution in [0.2, 0.25) is 0 Å². The molecule has 0 spiro atoms. The Labute approximate surface area is 176 Å². The molecule has 0 unspecified atom stereocenters. The van der Waals surface area contributed by atoms with E-state index >= 15 is 0 Å². The van der Waals surface area contributed by atoms with Gasteiger partial charge in [0.2, 0.25) is 5.75 Å². The summed E-state index contributed by atoms with van der Waals surface area (Å²) in [6.07, 6.45) is 1.13. The number of hydrogen-bond donors (Lipinski definition) is 1. The maximum Gasteiger partial charge on any atom is 0.335 e. The molecule has 1 aliphatic rings. The van der Waals surface area contributed by atoms with E-state index < -0.39 is 34.2 Å². The van der Waals surface area contributed by atoms with Crippen molar-refractivity contribution in [2.45, 2.75) is 0 Å². The van der Waals surface area contributed by atoms with E-state index in [2.05, 4.69) is 0 Å². The molecule has 1 N–H and O–H groups in total. The Bertz CT molecular complexity index is 1080. The SMILES string of the molecule is COc1c(I)cc(/C=C2\C(=O)NC(=O)N(c3ccc(F)cc3)C2=O)cc1[N+](=O)[O-]. The molecule has 0 saturated carbocycles. The van der Waals surface area contributed by atoms with E-state index in [0.717, 1.165) is 24.3 Å². The van der Waals surface area contributed by atoms with Crippen molar-refractivity contribution in [3.05, 3.63) is 67.0 Å². The predicted octanol–water partition coefficient (Wildman–Crippen LogP) is 3.01. The highest BCUT2D eigenvalue weighted by molar-refractivity contribution is 14.1. The van der Waals surface area contributed by atoms with Gasteiger partial charge in [-0.25, -0.2) is 14.1 Å². The molecule has 0 aliphatic carbocycles. The second-order valence-electron chi connectivity index (χ2n) is 5.75. The number of ether oxygens (including phenoxy) is 1. The van der Waals surface area contributed by atoms with Crippen molar-refractivity contribution in [2.24, 2.45) is 0 Å².